The van der Waals surface area contributed by atoms with Crippen molar-refractivity contribution in [3.8, 4) is 0 Å². The summed E-state index contributed by atoms with van der Waals surface area (Å²) in [6.07, 6.45) is 8.74. The molecule has 0 bridgehead atoms. The van der Waals surface area contributed by atoms with E-state index in [1.54, 1.807) is 13.1 Å². The maximum absolute atomic E-state index is 10.9. The minimum Gasteiger partial charge on any atom is -0.478 e. The number of carboxylic acid groups (broad SMARTS) is 1. The van der Waals surface area contributed by atoms with Crippen LogP contribution in [0.4, 0.5) is 0 Å². The lowest BCUT2D eigenvalue weighted by Gasteiger charge is -2.42. The number of aromatic nitrogens is 1. The van der Waals surface area contributed by atoms with Gasteiger partial charge >= 0.3 is 5.97 Å². The number of rotatable bonds is 4. The average molecular weight is 416 g/mol. The van der Waals surface area contributed by atoms with E-state index in [2.05, 4.69) is 45.9 Å². The molecule has 0 saturated heterocycles. The third-order valence-corrected chi connectivity index (χ3v) is 7.29. The number of carbonyl (C=O) groups is 1. The Morgan fingerprint density at radius 1 is 0.968 bits per heavy atom. The minimum atomic E-state index is -0.930. The first kappa shape index (κ1) is 21.5. The van der Waals surface area contributed by atoms with Crippen molar-refractivity contribution in [2.75, 3.05) is 0 Å². The number of carboxylic acids is 1. The second-order valence-corrected chi connectivity index (χ2v) is 10.4. The predicted molar refractivity (Wildman–Crippen MR) is 128 cm³/mol. The second kappa shape index (κ2) is 7.78. The highest BCUT2D eigenvalue weighted by Gasteiger charge is 2.37. The molecule has 0 fully saturated rings. The third-order valence-electron chi connectivity index (χ3n) is 7.29. The van der Waals surface area contributed by atoms with E-state index in [4.69, 9.17) is 10.1 Å². The van der Waals surface area contributed by atoms with Crippen LogP contribution in [-0.2, 0) is 15.6 Å². The van der Waals surface area contributed by atoms with Gasteiger partial charge in [0.25, 0.3) is 0 Å². The van der Waals surface area contributed by atoms with Crippen molar-refractivity contribution < 1.29 is 9.90 Å². The third kappa shape index (κ3) is 4.11. The van der Waals surface area contributed by atoms with Crippen LogP contribution in [0.2, 0.25) is 0 Å². The minimum absolute atomic E-state index is 0.202. The van der Waals surface area contributed by atoms with Crippen LogP contribution in [0.25, 0.3) is 16.7 Å². The molecule has 2 aromatic rings. The first-order valence-electron chi connectivity index (χ1n) is 11.3. The Bertz CT molecular complexity index is 1080. The van der Waals surface area contributed by atoms with Gasteiger partial charge in [-0.05, 0) is 94.9 Å². The Hall–Kier alpha value is -2.68. The van der Waals surface area contributed by atoms with E-state index in [1.807, 2.05) is 12.1 Å². The van der Waals surface area contributed by atoms with Crippen LogP contribution in [0.5, 0.6) is 0 Å². The summed E-state index contributed by atoms with van der Waals surface area (Å²) >= 11 is 0. The lowest BCUT2D eigenvalue weighted by Crippen LogP contribution is -2.33. The van der Waals surface area contributed by atoms with Crippen LogP contribution in [-0.4, -0.2) is 16.1 Å². The molecule has 31 heavy (non-hydrogen) atoms. The van der Waals surface area contributed by atoms with Crippen LogP contribution in [0.15, 0.2) is 42.6 Å². The molecule has 3 nitrogen and oxygen atoms in total. The molecule has 0 spiro atoms. The Balaban J connectivity index is 1.74. The molecule has 4 rings (SSSR count). The highest BCUT2D eigenvalue weighted by molar-refractivity contribution is 5.93. The summed E-state index contributed by atoms with van der Waals surface area (Å²) in [6.45, 7) is 11.3. The summed E-state index contributed by atoms with van der Waals surface area (Å²) in [5.74, 6) is -0.930. The average Bonchev–Trinajstić information content (AvgIpc) is 3.21. The van der Waals surface area contributed by atoms with Crippen LogP contribution in [0.3, 0.4) is 0 Å². The van der Waals surface area contributed by atoms with Crippen molar-refractivity contribution in [2.24, 2.45) is 0 Å². The van der Waals surface area contributed by atoms with Crippen LogP contribution in [0.1, 0.15) is 94.7 Å². The van der Waals surface area contributed by atoms with Gasteiger partial charge in [-0.25, -0.2) is 4.79 Å². The van der Waals surface area contributed by atoms with E-state index in [0.717, 1.165) is 30.5 Å². The summed E-state index contributed by atoms with van der Waals surface area (Å²) in [5, 5.41) is 8.98. The van der Waals surface area contributed by atoms with Crippen molar-refractivity contribution in [3.63, 3.8) is 0 Å². The molecule has 0 radical (unpaired) electrons. The van der Waals surface area contributed by atoms with Crippen LogP contribution < -0.4 is 0 Å². The van der Waals surface area contributed by atoms with Gasteiger partial charge in [0.2, 0.25) is 0 Å². The van der Waals surface area contributed by atoms with E-state index in [0.29, 0.717) is 5.57 Å². The fourth-order valence-electron chi connectivity index (χ4n) is 5.20. The molecular formula is C28H33NO2. The van der Waals surface area contributed by atoms with Gasteiger partial charge < -0.3 is 5.11 Å². The van der Waals surface area contributed by atoms with E-state index < -0.39 is 5.97 Å². The lowest BCUT2D eigenvalue weighted by molar-refractivity contribution is -0.131. The first-order chi connectivity index (χ1) is 14.6. The Labute approximate surface area is 185 Å². The molecule has 0 aliphatic heterocycles. The second-order valence-electron chi connectivity index (χ2n) is 10.4. The molecular weight excluding hydrogens is 382 g/mol. The van der Waals surface area contributed by atoms with Gasteiger partial charge in [-0.2, -0.15) is 0 Å². The highest BCUT2D eigenvalue weighted by Crippen LogP contribution is 2.48. The smallest absolute Gasteiger partial charge is 0.328 e. The molecule has 3 heteroatoms. The molecule has 0 unspecified atom stereocenters. The monoisotopic (exact) mass is 415 g/mol. The molecule has 1 aromatic carbocycles. The lowest BCUT2D eigenvalue weighted by atomic mass is 9.63. The van der Waals surface area contributed by atoms with Crippen molar-refractivity contribution in [2.45, 2.75) is 77.6 Å². The molecule has 162 valence electrons. The Morgan fingerprint density at radius 2 is 1.65 bits per heavy atom. The van der Waals surface area contributed by atoms with E-state index >= 15 is 0 Å². The van der Waals surface area contributed by atoms with Crippen LogP contribution in [0, 0.1) is 0 Å². The summed E-state index contributed by atoms with van der Waals surface area (Å²) in [6, 6.07) is 11.2. The highest BCUT2D eigenvalue weighted by atomic mass is 16.4. The van der Waals surface area contributed by atoms with E-state index in [1.165, 1.54) is 46.8 Å². The fraction of sp³-hybridized carbons (Fsp3) is 0.429. The van der Waals surface area contributed by atoms with Gasteiger partial charge in [-0.1, -0.05) is 52.0 Å². The number of pyridine rings is 1. The predicted octanol–water partition coefficient (Wildman–Crippen LogP) is 7.01. The zero-order valence-corrected chi connectivity index (χ0v) is 19.4. The van der Waals surface area contributed by atoms with Gasteiger partial charge in [0.1, 0.15) is 0 Å². The number of nitrogens with zero attached hydrogens (tertiary/aromatic N) is 1. The maximum Gasteiger partial charge on any atom is 0.328 e. The Kier molecular flexibility index (Phi) is 5.41. The summed E-state index contributed by atoms with van der Waals surface area (Å²) in [4.78, 5) is 15.7. The maximum atomic E-state index is 10.9. The van der Waals surface area contributed by atoms with Crippen LogP contribution >= 0.6 is 0 Å². The zero-order chi connectivity index (χ0) is 22.4. The van der Waals surface area contributed by atoms with E-state index in [9.17, 15) is 4.79 Å². The molecule has 0 saturated carbocycles. The topological polar surface area (TPSA) is 50.2 Å². The van der Waals surface area contributed by atoms with Gasteiger partial charge in [-0.15, -0.1) is 0 Å². The number of fused-ring (bicyclic) bond motifs is 1. The summed E-state index contributed by atoms with van der Waals surface area (Å²) in [7, 11) is 0. The molecule has 2 aliphatic rings. The van der Waals surface area contributed by atoms with E-state index in [-0.39, 0.29) is 10.8 Å². The zero-order valence-electron chi connectivity index (χ0n) is 19.4. The molecule has 1 N–H and O–H groups in total. The van der Waals surface area contributed by atoms with Crippen molar-refractivity contribution in [1.29, 1.82) is 0 Å². The number of allylic oxidation sites excluding steroid dienone is 3. The largest absolute Gasteiger partial charge is 0.478 e. The fourth-order valence-corrected chi connectivity index (χ4v) is 5.20. The number of aliphatic carboxylic acids is 1. The molecule has 0 amide bonds. The SMILES string of the molecule is CC(=CC(=O)O)c1ccc(C2=C(c3ccc4c(c3)C(C)(C)CCC4(C)C)CCC2)nc1. The molecule has 2 aliphatic carbocycles. The normalized spacial score (nSPS) is 20.0. The van der Waals surface area contributed by atoms with Crippen molar-refractivity contribution in [3.05, 3.63) is 70.6 Å². The molecule has 0 atom stereocenters. The van der Waals surface area contributed by atoms with Gasteiger partial charge in [0, 0.05) is 12.3 Å². The Morgan fingerprint density at radius 3 is 2.29 bits per heavy atom. The summed E-state index contributed by atoms with van der Waals surface area (Å²) in [5.41, 5.74) is 10.1. The molecule has 1 aromatic heterocycles. The quantitative estimate of drug-likeness (QED) is 0.546. The standard InChI is InChI=1S/C28H33NO2/c1-18(15-26(30)31)20-10-12-25(29-17-20)22-8-6-7-21(22)19-9-11-23-24(16-19)28(4,5)14-13-27(23,2)3/h9-12,15-17H,6-8,13-14H2,1-5H3,(H,30,31). The summed E-state index contributed by atoms with van der Waals surface area (Å²) < 4.78 is 0. The van der Waals surface area contributed by atoms with Gasteiger partial charge in [0.05, 0.1) is 5.69 Å². The molecule has 1 heterocycles. The van der Waals surface area contributed by atoms with Crippen molar-refractivity contribution >= 4 is 22.7 Å². The number of hydrogen-bond donors (Lipinski definition) is 1. The number of benzene rings is 1. The number of hydrogen-bond acceptors (Lipinski definition) is 2. The van der Waals surface area contributed by atoms with Crippen molar-refractivity contribution in [1.82, 2.24) is 4.98 Å². The first-order valence-corrected chi connectivity index (χ1v) is 11.3. The van der Waals surface area contributed by atoms with Gasteiger partial charge in [0.15, 0.2) is 0 Å². The van der Waals surface area contributed by atoms with Gasteiger partial charge in [-0.3, -0.25) is 4.98 Å².